The van der Waals surface area contributed by atoms with Crippen LogP contribution in [0.1, 0.15) is 31.4 Å². The summed E-state index contributed by atoms with van der Waals surface area (Å²) in [7, 11) is 0. The summed E-state index contributed by atoms with van der Waals surface area (Å²) in [5.74, 6) is 0. The number of rotatable bonds is 3. The zero-order valence-electron chi connectivity index (χ0n) is 10.2. The fourth-order valence-electron chi connectivity index (χ4n) is 2.94. The van der Waals surface area contributed by atoms with Crippen molar-refractivity contribution in [1.82, 2.24) is 15.0 Å². The predicted octanol–water partition coefficient (Wildman–Crippen LogP) is 1.79. The van der Waals surface area contributed by atoms with Crippen LogP contribution in [0.4, 0.5) is 0 Å². The van der Waals surface area contributed by atoms with Crippen LogP contribution in [0.3, 0.4) is 0 Å². The Kier molecular flexibility index (Phi) is 1.83. The van der Waals surface area contributed by atoms with Gasteiger partial charge in [0.1, 0.15) is 0 Å². The molecule has 2 saturated carbocycles. The van der Waals surface area contributed by atoms with Crippen molar-refractivity contribution in [3.8, 4) is 5.69 Å². The van der Waals surface area contributed by atoms with E-state index in [1.165, 1.54) is 0 Å². The fourth-order valence-corrected chi connectivity index (χ4v) is 2.94. The van der Waals surface area contributed by atoms with Crippen molar-refractivity contribution in [3.05, 3.63) is 42.2 Å². The van der Waals surface area contributed by atoms with Crippen molar-refractivity contribution in [2.45, 2.75) is 36.6 Å². The van der Waals surface area contributed by atoms with Gasteiger partial charge in [-0.1, -0.05) is 23.4 Å². The first-order valence-corrected chi connectivity index (χ1v) is 6.51. The van der Waals surface area contributed by atoms with Crippen LogP contribution in [0.25, 0.3) is 5.69 Å². The summed E-state index contributed by atoms with van der Waals surface area (Å²) in [4.78, 5) is 0. The maximum absolute atomic E-state index is 6.39. The van der Waals surface area contributed by atoms with Crippen molar-refractivity contribution in [2.24, 2.45) is 5.73 Å². The van der Waals surface area contributed by atoms with Gasteiger partial charge in [0.2, 0.25) is 0 Å². The zero-order chi connectivity index (χ0) is 12.2. The molecule has 1 aromatic heterocycles. The van der Waals surface area contributed by atoms with E-state index in [-0.39, 0.29) is 11.0 Å². The standard InChI is InChI=1S/C14H16N4/c15-14(8-9-14)13(6-7-13)12-10-18(17-16-12)11-4-2-1-3-5-11/h1-5,10H,6-9,15H2. The Bertz CT molecular complexity index is 579. The van der Waals surface area contributed by atoms with Gasteiger partial charge in [-0.2, -0.15) is 0 Å². The molecule has 0 spiro atoms. The number of para-hydroxylation sites is 1. The second-order valence-corrected chi connectivity index (χ2v) is 5.62. The highest BCUT2D eigenvalue weighted by atomic mass is 15.4. The summed E-state index contributed by atoms with van der Waals surface area (Å²) >= 11 is 0. The van der Waals surface area contributed by atoms with Gasteiger partial charge in [-0.15, -0.1) is 5.10 Å². The van der Waals surface area contributed by atoms with E-state index in [1.807, 2.05) is 35.0 Å². The first-order chi connectivity index (χ1) is 8.74. The Labute approximate surface area is 106 Å². The van der Waals surface area contributed by atoms with Crippen LogP contribution in [0, 0.1) is 0 Å². The van der Waals surface area contributed by atoms with E-state index in [1.54, 1.807) is 0 Å². The first kappa shape index (κ1) is 10.3. The quantitative estimate of drug-likeness (QED) is 0.889. The molecular weight excluding hydrogens is 224 g/mol. The van der Waals surface area contributed by atoms with Gasteiger partial charge in [0.15, 0.2) is 0 Å². The monoisotopic (exact) mass is 240 g/mol. The highest BCUT2D eigenvalue weighted by molar-refractivity contribution is 5.37. The lowest BCUT2D eigenvalue weighted by Crippen LogP contribution is -2.37. The Balaban J connectivity index is 1.71. The SMILES string of the molecule is NC1(C2(c3cn(-c4ccccc4)nn3)CC2)CC1. The van der Waals surface area contributed by atoms with E-state index in [2.05, 4.69) is 16.5 Å². The van der Waals surface area contributed by atoms with Gasteiger partial charge in [-0.05, 0) is 37.8 Å². The molecule has 18 heavy (non-hydrogen) atoms. The molecule has 4 rings (SSSR count). The Morgan fingerprint density at radius 1 is 1.06 bits per heavy atom. The smallest absolute Gasteiger partial charge is 0.0911 e. The number of nitrogens with two attached hydrogens (primary N) is 1. The molecule has 0 saturated heterocycles. The number of aromatic nitrogens is 3. The molecule has 4 nitrogen and oxygen atoms in total. The Morgan fingerprint density at radius 2 is 1.78 bits per heavy atom. The van der Waals surface area contributed by atoms with Crippen LogP contribution in [0.15, 0.2) is 36.5 Å². The molecule has 2 aliphatic rings. The minimum Gasteiger partial charge on any atom is -0.324 e. The van der Waals surface area contributed by atoms with E-state index in [4.69, 9.17) is 5.73 Å². The van der Waals surface area contributed by atoms with Gasteiger partial charge >= 0.3 is 0 Å². The molecular formula is C14H16N4. The maximum atomic E-state index is 6.39. The molecule has 2 aromatic rings. The predicted molar refractivity (Wildman–Crippen MR) is 68.4 cm³/mol. The molecule has 4 heteroatoms. The molecule has 0 amide bonds. The fraction of sp³-hybridized carbons (Fsp3) is 0.429. The van der Waals surface area contributed by atoms with Crippen molar-refractivity contribution in [2.75, 3.05) is 0 Å². The summed E-state index contributed by atoms with van der Waals surface area (Å²) in [6.45, 7) is 0. The second-order valence-electron chi connectivity index (χ2n) is 5.62. The van der Waals surface area contributed by atoms with Crippen LogP contribution in [-0.2, 0) is 5.41 Å². The van der Waals surface area contributed by atoms with Gasteiger partial charge in [-0.25, -0.2) is 4.68 Å². The molecule has 1 heterocycles. The van der Waals surface area contributed by atoms with Crippen LogP contribution in [-0.4, -0.2) is 20.5 Å². The van der Waals surface area contributed by atoms with Crippen molar-refractivity contribution in [3.63, 3.8) is 0 Å². The molecule has 0 radical (unpaired) electrons. The third-order valence-corrected chi connectivity index (χ3v) is 4.50. The van der Waals surface area contributed by atoms with Crippen molar-refractivity contribution in [1.29, 1.82) is 0 Å². The van der Waals surface area contributed by atoms with Crippen LogP contribution >= 0.6 is 0 Å². The van der Waals surface area contributed by atoms with Gasteiger partial charge in [0.25, 0.3) is 0 Å². The van der Waals surface area contributed by atoms with Gasteiger partial charge < -0.3 is 5.73 Å². The van der Waals surface area contributed by atoms with Gasteiger partial charge in [-0.3, -0.25) is 0 Å². The lowest BCUT2D eigenvalue weighted by atomic mass is 9.91. The molecule has 2 N–H and O–H groups in total. The Morgan fingerprint density at radius 3 is 2.39 bits per heavy atom. The highest BCUT2D eigenvalue weighted by Crippen LogP contribution is 2.63. The number of hydrogen-bond donors (Lipinski definition) is 1. The highest BCUT2D eigenvalue weighted by Gasteiger charge is 2.65. The summed E-state index contributed by atoms with van der Waals surface area (Å²) in [5.41, 5.74) is 8.64. The normalized spacial score (nSPS) is 22.7. The van der Waals surface area contributed by atoms with Crippen LogP contribution < -0.4 is 5.73 Å². The molecule has 92 valence electrons. The molecule has 0 unspecified atom stereocenters. The lowest BCUT2D eigenvalue weighted by Gasteiger charge is -2.19. The topological polar surface area (TPSA) is 56.7 Å². The third-order valence-electron chi connectivity index (χ3n) is 4.50. The average molecular weight is 240 g/mol. The molecule has 2 fully saturated rings. The van der Waals surface area contributed by atoms with E-state index < -0.39 is 0 Å². The van der Waals surface area contributed by atoms with E-state index in [0.717, 1.165) is 37.1 Å². The summed E-state index contributed by atoms with van der Waals surface area (Å²) in [5, 5.41) is 8.61. The maximum Gasteiger partial charge on any atom is 0.0911 e. The molecule has 0 bridgehead atoms. The van der Waals surface area contributed by atoms with Crippen molar-refractivity contribution >= 4 is 0 Å². The van der Waals surface area contributed by atoms with E-state index >= 15 is 0 Å². The molecule has 2 aliphatic carbocycles. The van der Waals surface area contributed by atoms with Gasteiger partial charge in [0.05, 0.1) is 17.6 Å². The summed E-state index contributed by atoms with van der Waals surface area (Å²) in [6, 6.07) is 10.1. The number of benzene rings is 1. The summed E-state index contributed by atoms with van der Waals surface area (Å²) < 4.78 is 1.85. The number of nitrogens with zero attached hydrogens (tertiary/aromatic N) is 3. The van der Waals surface area contributed by atoms with Crippen LogP contribution in [0.5, 0.6) is 0 Å². The van der Waals surface area contributed by atoms with Crippen molar-refractivity contribution < 1.29 is 0 Å². The molecule has 0 aliphatic heterocycles. The summed E-state index contributed by atoms with van der Waals surface area (Å²) in [6.07, 6.45) is 6.64. The minimum atomic E-state index is 0.00452. The van der Waals surface area contributed by atoms with E-state index in [9.17, 15) is 0 Å². The molecule has 1 aromatic carbocycles. The van der Waals surface area contributed by atoms with Crippen LogP contribution in [0.2, 0.25) is 0 Å². The van der Waals surface area contributed by atoms with Gasteiger partial charge in [0, 0.05) is 11.0 Å². The minimum absolute atomic E-state index is 0.00452. The molecule has 0 atom stereocenters. The second kappa shape index (κ2) is 3.20. The largest absolute Gasteiger partial charge is 0.324 e. The van der Waals surface area contributed by atoms with E-state index in [0.29, 0.717) is 0 Å². The lowest BCUT2D eigenvalue weighted by molar-refractivity contribution is 0.490. The zero-order valence-corrected chi connectivity index (χ0v) is 10.2. The Hall–Kier alpha value is -1.68. The first-order valence-electron chi connectivity index (χ1n) is 6.51. The number of hydrogen-bond acceptors (Lipinski definition) is 3. The average Bonchev–Trinajstić information content (AvgIpc) is 3.31. The third kappa shape index (κ3) is 1.29.